The van der Waals surface area contributed by atoms with E-state index in [2.05, 4.69) is 26.6 Å². The van der Waals surface area contributed by atoms with Crippen LogP contribution in [0.25, 0.3) is 0 Å². The number of anilines is 2. The second-order valence-electron chi connectivity index (χ2n) is 3.02. The summed E-state index contributed by atoms with van der Waals surface area (Å²) in [6.07, 6.45) is 1.05. The van der Waals surface area contributed by atoms with Crippen molar-refractivity contribution in [3.05, 3.63) is 22.4 Å². The van der Waals surface area contributed by atoms with Crippen molar-refractivity contribution in [2.45, 2.75) is 6.42 Å². The van der Waals surface area contributed by atoms with Crippen LogP contribution in [0.1, 0.15) is 6.42 Å². The van der Waals surface area contributed by atoms with Crippen LogP contribution in [0, 0.1) is 5.82 Å². The zero-order valence-electron chi connectivity index (χ0n) is 7.03. The van der Waals surface area contributed by atoms with Crippen molar-refractivity contribution in [3.8, 4) is 0 Å². The molecule has 1 aromatic carbocycles. The van der Waals surface area contributed by atoms with E-state index in [1.165, 1.54) is 6.07 Å². The van der Waals surface area contributed by atoms with Crippen LogP contribution >= 0.6 is 15.9 Å². The summed E-state index contributed by atoms with van der Waals surface area (Å²) in [7, 11) is 0. The number of hydrogen-bond donors (Lipinski definition) is 2. The molecule has 0 fully saturated rings. The minimum absolute atomic E-state index is 0.227. The Hall–Kier alpha value is -0.770. The second kappa shape index (κ2) is 3.54. The summed E-state index contributed by atoms with van der Waals surface area (Å²) in [5.41, 5.74) is 1.81. The van der Waals surface area contributed by atoms with Crippen molar-refractivity contribution in [1.82, 2.24) is 0 Å². The van der Waals surface area contributed by atoms with Gasteiger partial charge in [-0.1, -0.05) is 0 Å². The largest absolute Gasteiger partial charge is 0.383 e. The van der Waals surface area contributed by atoms with Gasteiger partial charge in [-0.15, -0.1) is 0 Å². The van der Waals surface area contributed by atoms with Crippen molar-refractivity contribution in [2.75, 3.05) is 23.7 Å². The van der Waals surface area contributed by atoms with Crippen LogP contribution < -0.4 is 10.6 Å². The summed E-state index contributed by atoms with van der Waals surface area (Å²) < 4.78 is 13.6. The molecule has 0 radical (unpaired) electrons. The Morgan fingerprint density at radius 2 is 1.77 bits per heavy atom. The second-order valence-corrected chi connectivity index (χ2v) is 3.87. The summed E-state index contributed by atoms with van der Waals surface area (Å²) in [5, 5.41) is 6.40. The summed E-state index contributed by atoms with van der Waals surface area (Å²) in [6, 6.07) is 3.28. The van der Waals surface area contributed by atoms with Gasteiger partial charge in [-0.25, -0.2) is 4.39 Å². The molecule has 0 bridgehead atoms. The Balaban J connectivity index is 2.43. The smallest absolute Gasteiger partial charge is 0.139 e. The lowest BCUT2D eigenvalue weighted by molar-refractivity contribution is 0.622. The Morgan fingerprint density at radius 1 is 1.15 bits per heavy atom. The van der Waals surface area contributed by atoms with Crippen LogP contribution in [0.3, 0.4) is 0 Å². The van der Waals surface area contributed by atoms with Gasteiger partial charge < -0.3 is 10.6 Å². The monoisotopic (exact) mass is 244 g/mol. The fraction of sp³-hybridized carbons (Fsp3) is 0.333. The third-order valence-corrected chi connectivity index (χ3v) is 2.65. The van der Waals surface area contributed by atoms with Crippen LogP contribution in [-0.4, -0.2) is 13.1 Å². The fourth-order valence-electron chi connectivity index (χ4n) is 1.37. The van der Waals surface area contributed by atoms with Gasteiger partial charge in [0.2, 0.25) is 0 Å². The summed E-state index contributed by atoms with van der Waals surface area (Å²) in [4.78, 5) is 0. The molecule has 1 heterocycles. The number of halogens is 2. The van der Waals surface area contributed by atoms with Crippen LogP contribution in [0.2, 0.25) is 0 Å². The third-order valence-electron chi connectivity index (χ3n) is 2.04. The molecule has 1 aliphatic heterocycles. The van der Waals surface area contributed by atoms with E-state index < -0.39 is 0 Å². The van der Waals surface area contributed by atoms with E-state index in [-0.39, 0.29) is 5.82 Å². The van der Waals surface area contributed by atoms with Gasteiger partial charge in [-0.3, -0.25) is 0 Å². The highest BCUT2D eigenvalue weighted by atomic mass is 79.9. The molecule has 4 heteroatoms. The van der Waals surface area contributed by atoms with Gasteiger partial charge >= 0.3 is 0 Å². The lowest BCUT2D eigenvalue weighted by atomic mass is 10.2. The molecule has 0 saturated heterocycles. The zero-order valence-corrected chi connectivity index (χ0v) is 8.62. The molecule has 2 nitrogen and oxygen atoms in total. The molecule has 1 aliphatic rings. The Kier molecular flexibility index (Phi) is 2.40. The average Bonchev–Trinajstić information content (AvgIpc) is 2.31. The first-order valence-corrected chi connectivity index (χ1v) is 5.03. The molecular formula is C9H10BrFN2. The van der Waals surface area contributed by atoms with E-state index >= 15 is 0 Å². The van der Waals surface area contributed by atoms with Crippen LogP contribution in [0.4, 0.5) is 15.8 Å². The predicted molar refractivity (Wildman–Crippen MR) is 55.7 cm³/mol. The maximum Gasteiger partial charge on any atom is 0.139 e. The van der Waals surface area contributed by atoms with Crippen LogP contribution in [0.5, 0.6) is 0 Å². The van der Waals surface area contributed by atoms with Gasteiger partial charge in [0.05, 0.1) is 15.8 Å². The summed E-state index contributed by atoms with van der Waals surface area (Å²) in [5.74, 6) is -0.227. The molecule has 0 aliphatic carbocycles. The Morgan fingerprint density at radius 3 is 2.46 bits per heavy atom. The normalized spacial score (nSPS) is 15.2. The molecule has 70 valence electrons. The van der Waals surface area contributed by atoms with Gasteiger partial charge in [0.25, 0.3) is 0 Å². The highest BCUT2D eigenvalue weighted by molar-refractivity contribution is 9.10. The van der Waals surface area contributed by atoms with Gasteiger partial charge in [0, 0.05) is 19.2 Å². The SMILES string of the molecule is Fc1cc2c(cc1Br)NCCCN2. The molecule has 1 aromatic rings. The van der Waals surface area contributed by atoms with Crippen molar-refractivity contribution in [2.24, 2.45) is 0 Å². The van der Waals surface area contributed by atoms with E-state index in [1.807, 2.05) is 0 Å². The minimum Gasteiger partial charge on any atom is -0.383 e. The molecule has 0 saturated carbocycles. The van der Waals surface area contributed by atoms with Crippen LogP contribution in [0.15, 0.2) is 16.6 Å². The minimum atomic E-state index is -0.227. The van der Waals surface area contributed by atoms with E-state index in [9.17, 15) is 4.39 Å². The maximum atomic E-state index is 13.1. The summed E-state index contributed by atoms with van der Waals surface area (Å²) in [6.45, 7) is 1.82. The molecule has 0 amide bonds. The quantitative estimate of drug-likeness (QED) is 0.734. The fourth-order valence-corrected chi connectivity index (χ4v) is 1.72. The predicted octanol–water partition coefficient (Wildman–Crippen LogP) is 2.82. The Labute approximate surface area is 84.7 Å². The Bertz CT molecular complexity index is 297. The zero-order chi connectivity index (χ0) is 9.26. The highest BCUT2D eigenvalue weighted by Crippen LogP contribution is 2.29. The topological polar surface area (TPSA) is 24.1 Å². The summed E-state index contributed by atoms with van der Waals surface area (Å²) >= 11 is 3.16. The molecule has 0 unspecified atom stereocenters. The molecule has 0 atom stereocenters. The number of hydrogen-bond acceptors (Lipinski definition) is 2. The first-order valence-electron chi connectivity index (χ1n) is 4.24. The number of rotatable bonds is 0. The highest BCUT2D eigenvalue weighted by Gasteiger charge is 2.09. The third kappa shape index (κ3) is 1.77. The lowest BCUT2D eigenvalue weighted by Crippen LogP contribution is -2.01. The van der Waals surface area contributed by atoms with Gasteiger partial charge in [-0.05, 0) is 28.4 Å². The number of fused-ring (bicyclic) bond motifs is 1. The molecule has 13 heavy (non-hydrogen) atoms. The van der Waals surface area contributed by atoms with Gasteiger partial charge in [-0.2, -0.15) is 0 Å². The van der Waals surface area contributed by atoms with E-state index in [0.717, 1.165) is 30.9 Å². The van der Waals surface area contributed by atoms with Gasteiger partial charge in [0.1, 0.15) is 5.82 Å². The molecule has 2 N–H and O–H groups in total. The number of benzene rings is 1. The van der Waals surface area contributed by atoms with Crippen molar-refractivity contribution in [1.29, 1.82) is 0 Å². The van der Waals surface area contributed by atoms with Crippen molar-refractivity contribution in [3.63, 3.8) is 0 Å². The van der Waals surface area contributed by atoms with E-state index in [4.69, 9.17) is 0 Å². The standard InChI is InChI=1S/C9H10BrFN2/c10-6-4-8-9(5-7(6)11)13-3-1-2-12-8/h4-5,12-13H,1-3H2. The van der Waals surface area contributed by atoms with Crippen molar-refractivity contribution < 1.29 is 4.39 Å². The lowest BCUT2D eigenvalue weighted by Gasteiger charge is -2.08. The molecular weight excluding hydrogens is 235 g/mol. The maximum absolute atomic E-state index is 13.1. The van der Waals surface area contributed by atoms with Gasteiger partial charge in [0.15, 0.2) is 0 Å². The van der Waals surface area contributed by atoms with Crippen molar-refractivity contribution >= 4 is 27.3 Å². The first-order chi connectivity index (χ1) is 6.27. The molecule has 2 rings (SSSR count). The number of nitrogens with one attached hydrogen (secondary N) is 2. The van der Waals surface area contributed by atoms with E-state index in [1.54, 1.807) is 6.07 Å². The average molecular weight is 245 g/mol. The molecule has 0 aromatic heterocycles. The molecule has 0 spiro atoms. The van der Waals surface area contributed by atoms with Crippen LogP contribution in [-0.2, 0) is 0 Å². The first kappa shape index (κ1) is 8.81. The van der Waals surface area contributed by atoms with E-state index in [0.29, 0.717) is 4.47 Å².